The smallest absolute Gasteiger partial charge is 0.225 e. The van der Waals surface area contributed by atoms with Crippen molar-refractivity contribution in [3.63, 3.8) is 0 Å². The lowest BCUT2D eigenvalue weighted by molar-refractivity contribution is 0.266. The highest BCUT2D eigenvalue weighted by Crippen LogP contribution is 2.24. The number of aliphatic hydroxyl groups excluding tert-OH is 1. The van der Waals surface area contributed by atoms with Gasteiger partial charge in [0.15, 0.2) is 0 Å². The summed E-state index contributed by atoms with van der Waals surface area (Å²) in [6, 6.07) is 12.5. The Balaban J connectivity index is 1.74. The molecule has 1 aromatic heterocycles. The molecule has 5 nitrogen and oxygen atoms in total. The molecule has 3 rings (SSSR count). The fourth-order valence-electron chi connectivity index (χ4n) is 2.92. The van der Waals surface area contributed by atoms with Crippen molar-refractivity contribution in [2.75, 3.05) is 23.4 Å². The van der Waals surface area contributed by atoms with E-state index < -0.39 is 0 Å². The van der Waals surface area contributed by atoms with E-state index in [1.807, 2.05) is 24.3 Å². The molecule has 0 amide bonds. The van der Waals surface area contributed by atoms with Crippen LogP contribution in [0.15, 0.2) is 42.6 Å². The van der Waals surface area contributed by atoms with Crippen molar-refractivity contribution < 1.29 is 5.11 Å². The first-order valence-electron chi connectivity index (χ1n) is 7.80. The first-order chi connectivity index (χ1) is 10.8. The van der Waals surface area contributed by atoms with Crippen LogP contribution in [0.25, 0.3) is 0 Å². The van der Waals surface area contributed by atoms with Gasteiger partial charge in [-0.1, -0.05) is 30.3 Å². The third kappa shape index (κ3) is 3.20. The van der Waals surface area contributed by atoms with Gasteiger partial charge in [-0.25, -0.2) is 4.98 Å². The van der Waals surface area contributed by atoms with Crippen LogP contribution in [0.5, 0.6) is 0 Å². The SMILES string of the molecule is C[C@@H](Nc1nccc(N2CCC[C@H]2CO)n1)c1ccccc1. The zero-order valence-electron chi connectivity index (χ0n) is 12.8. The van der Waals surface area contributed by atoms with Gasteiger partial charge in [0.2, 0.25) is 5.95 Å². The summed E-state index contributed by atoms with van der Waals surface area (Å²) < 4.78 is 0. The van der Waals surface area contributed by atoms with Crippen molar-refractivity contribution >= 4 is 11.8 Å². The lowest BCUT2D eigenvalue weighted by Gasteiger charge is -2.24. The van der Waals surface area contributed by atoms with Crippen LogP contribution in [0.2, 0.25) is 0 Å². The minimum atomic E-state index is 0.142. The molecule has 2 N–H and O–H groups in total. The van der Waals surface area contributed by atoms with Crippen molar-refractivity contribution in [1.29, 1.82) is 0 Å². The average Bonchev–Trinajstić information content (AvgIpc) is 3.04. The molecule has 22 heavy (non-hydrogen) atoms. The normalized spacial score (nSPS) is 19.2. The molecular formula is C17H22N4O. The van der Waals surface area contributed by atoms with E-state index in [9.17, 15) is 5.11 Å². The van der Waals surface area contributed by atoms with Gasteiger partial charge in [-0.3, -0.25) is 0 Å². The average molecular weight is 298 g/mol. The number of hydrogen-bond acceptors (Lipinski definition) is 5. The van der Waals surface area contributed by atoms with Crippen molar-refractivity contribution in [2.24, 2.45) is 0 Å². The molecular weight excluding hydrogens is 276 g/mol. The van der Waals surface area contributed by atoms with Crippen LogP contribution in [0.3, 0.4) is 0 Å². The summed E-state index contributed by atoms with van der Waals surface area (Å²) in [6.45, 7) is 3.21. The minimum absolute atomic E-state index is 0.142. The highest BCUT2D eigenvalue weighted by molar-refractivity contribution is 5.45. The lowest BCUT2D eigenvalue weighted by atomic mass is 10.1. The van der Waals surface area contributed by atoms with Crippen molar-refractivity contribution in [3.8, 4) is 0 Å². The molecule has 5 heteroatoms. The summed E-state index contributed by atoms with van der Waals surface area (Å²) in [5.41, 5.74) is 1.20. The minimum Gasteiger partial charge on any atom is -0.394 e. The number of hydrogen-bond donors (Lipinski definition) is 2. The summed E-state index contributed by atoms with van der Waals surface area (Å²) in [5, 5.41) is 12.8. The predicted octanol–water partition coefficient (Wildman–Crippen LogP) is 2.61. The van der Waals surface area contributed by atoms with Crippen LogP contribution in [-0.4, -0.2) is 34.3 Å². The van der Waals surface area contributed by atoms with E-state index in [2.05, 4.69) is 39.2 Å². The van der Waals surface area contributed by atoms with Gasteiger partial charge in [-0.15, -0.1) is 0 Å². The fraction of sp³-hybridized carbons (Fsp3) is 0.412. The Bertz CT molecular complexity index is 605. The molecule has 1 aliphatic heterocycles. The third-order valence-electron chi connectivity index (χ3n) is 4.17. The third-order valence-corrected chi connectivity index (χ3v) is 4.17. The number of benzene rings is 1. The molecule has 2 atom stereocenters. The largest absolute Gasteiger partial charge is 0.394 e. The lowest BCUT2D eigenvalue weighted by Crippen LogP contribution is -2.32. The second kappa shape index (κ2) is 6.75. The van der Waals surface area contributed by atoms with Gasteiger partial charge in [0.05, 0.1) is 18.7 Å². The number of nitrogens with one attached hydrogen (secondary N) is 1. The molecule has 1 aliphatic rings. The first kappa shape index (κ1) is 14.8. The van der Waals surface area contributed by atoms with E-state index in [1.54, 1.807) is 6.20 Å². The van der Waals surface area contributed by atoms with E-state index in [1.165, 1.54) is 5.56 Å². The topological polar surface area (TPSA) is 61.3 Å². The van der Waals surface area contributed by atoms with Crippen LogP contribution in [-0.2, 0) is 0 Å². The summed E-state index contributed by atoms with van der Waals surface area (Å²) in [7, 11) is 0. The highest BCUT2D eigenvalue weighted by Gasteiger charge is 2.25. The molecule has 0 unspecified atom stereocenters. The Labute approximate surface area is 131 Å². The highest BCUT2D eigenvalue weighted by atomic mass is 16.3. The van der Waals surface area contributed by atoms with Gasteiger partial charge in [0, 0.05) is 12.7 Å². The van der Waals surface area contributed by atoms with E-state index in [-0.39, 0.29) is 18.7 Å². The Morgan fingerprint density at radius 2 is 2.14 bits per heavy atom. The molecule has 0 aliphatic carbocycles. The first-order valence-corrected chi connectivity index (χ1v) is 7.80. The Hall–Kier alpha value is -2.14. The van der Waals surface area contributed by atoms with Gasteiger partial charge < -0.3 is 15.3 Å². The summed E-state index contributed by atoms with van der Waals surface area (Å²) >= 11 is 0. The van der Waals surface area contributed by atoms with Crippen molar-refractivity contribution in [1.82, 2.24) is 9.97 Å². The fourth-order valence-corrected chi connectivity index (χ4v) is 2.92. The predicted molar refractivity (Wildman–Crippen MR) is 88.0 cm³/mol. The standard InChI is InChI=1S/C17H22N4O/c1-13(14-6-3-2-4-7-14)19-17-18-10-9-16(20-17)21-11-5-8-15(21)12-22/h2-4,6-7,9-10,13,15,22H,5,8,11-12H2,1H3,(H,18,19,20)/t13-,15+/m1/s1. The van der Waals surface area contributed by atoms with Crippen molar-refractivity contribution in [3.05, 3.63) is 48.2 Å². The number of rotatable bonds is 5. The second-order valence-corrected chi connectivity index (χ2v) is 5.69. The quantitative estimate of drug-likeness (QED) is 0.888. The molecule has 2 heterocycles. The molecule has 116 valence electrons. The van der Waals surface area contributed by atoms with Crippen molar-refractivity contribution in [2.45, 2.75) is 31.8 Å². The maximum Gasteiger partial charge on any atom is 0.225 e. The molecule has 1 aromatic carbocycles. The Morgan fingerprint density at radius 1 is 1.32 bits per heavy atom. The van der Waals surface area contributed by atoms with E-state index in [0.717, 1.165) is 25.2 Å². The molecule has 0 bridgehead atoms. The number of anilines is 2. The summed E-state index contributed by atoms with van der Waals surface area (Å²) in [6.07, 6.45) is 3.89. The zero-order chi connectivity index (χ0) is 15.4. The van der Waals surface area contributed by atoms with Crippen LogP contribution in [0.1, 0.15) is 31.4 Å². The van der Waals surface area contributed by atoms with Crippen LogP contribution in [0.4, 0.5) is 11.8 Å². The molecule has 2 aromatic rings. The maximum absolute atomic E-state index is 9.46. The number of aromatic nitrogens is 2. The van der Waals surface area contributed by atoms with Crippen LogP contribution in [0, 0.1) is 0 Å². The molecule has 1 saturated heterocycles. The van der Waals surface area contributed by atoms with E-state index >= 15 is 0 Å². The van der Waals surface area contributed by atoms with Gasteiger partial charge in [0.25, 0.3) is 0 Å². The summed E-state index contributed by atoms with van der Waals surface area (Å²) in [4.78, 5) is 11.1. The van der Waals surface area contributed by atoms with Crippen LogP contribution >= 0.6 is 0 Å². The zero-order valence-corrected chi connectivity index (χ0v) is 12.8. The van der Waals surface area contributed by atoms with Crippen LogP contribution < -0.4 is 10.2 Å². The summed E-state index contributed by atoms with van der Waals surface area (Å²) in [5.74, 6) is 1.51. The number of aliphatic hydroxyl groups is 1. The van der Waals surface area contributed by atoms with Gasteiger partial charge in [-0.05, 0) is 31.4 Å². The van der Waals surface area contributed by atoms with E-state index in [0.29, 0.717) is 5.95 Å². The molecule has 0 saturated carbocycles. The molecule has 0 radical (unpaired) electrons. The monoisotopic (exact) mass is 298 g/mol. The van der Waals surface area contributed by atoms with Gasteiger partial charge in [-0.2, -0.15) is 4.98 Å². The van der Waals surface area contributed by atoms with E-state index in [4.69, 9.17) is 0 Å². The number of nitrogens with zero attached hydrogens (tertiary/aromatic N) is 3. The Morgan fingerprint density at radius 3 is 2.91 bits per heavy atom. The molecule has 0 spiro atoms. The maximum atomic E-state index is 9.46. The second-order valence-electron chi connectivity index (χ2n) is 5.69. The van der Waals surface area contributed by atoms with Gasteiger partial charge >= 0.3 is 0 Å². The molecule has 1 fully saturated rings. The Kier molecular flexibility index (Phi) is 4.53. The van der Waals surface area contributed by atoms with Gasteiger partial charge in [0.1, 0.15) is 5.82 Å².